The molecule has 0 spiro atoms. The van der Waals surface area contributed by atoms with Crippen LogP contribution in [0.5, 0.6) is 0 Å². The van der Waals surface area contributed by atoms with E-state index in [1.807, 2.05) is 0 Å². The van der Waals surface area contributed by atoms with Crippen molar-refractivity contribution in [3.05, 3.63) is 54.1 Å². The van der Waals surface area contributed by atoms with Crippen molar-refractivity contribution in [2.75, 3.05) is 11.9 Å². The van der Waals surface area contributed by atoms with Gasteiger partial charge in [0.1, 0.15) is 0 Å². The summed E-state index contributed by atoms with van der Waals surface area (Å²) in [6, 6.07) is 6.90. The highest BCUT2D eigenvalue weighted by Gasteiger charge is 2.06. The van der Waals surface area contributed by atoms with Gasteiger partial charge in [0.15, 0.2) is 0 Å². The molecule has 3 N–H and O–H groups in total. The largest absolute Gasteiger partial charge is 0.330 e. The Hall–Kier alpha value is -2.27. The number of carbonyl (C=O) groups excluding carboxylic acids is 1. The zero-order chi connectivity index (χ0) is 12.8. The molecule has 0 aliphatic rings. The number of hydrogen-bond acceptors (Lipinski definition) is 4. The molecule has 5 heteroatoms. The van der Waals surface area contributed by atoms with Crippen molar-refractivity contribution in [1.29, 1.82) is 0 Å². The molecular formula is C13H14N4O. The number of carbonyl (C=O) groups is 1. The molecular weight excluding hydrogens is 228 g/mol. The molecule has 2 heterocycles. The van der Waals surface area contributed by atoms with Gasteiger partial charge in [-0.05, 0) is 30.8 Å². The third-order valence-electron chi connectivity index (χ3n) is 2.42. The Labute approximate surface area is 105 Å². The van der Waals surface area contributed by atoms with Gasteiger partial charge >= 0.3 is 0 Å². The second kappa shape index (κ2) is 5.88. The highest BCUT2D eigenvalue weighted by atomic mass is 16.1. The van der Waals surface area contributed by atoms with Crippen molar-refractivity contribution in [2.45, 2.75) is 6.42 Å². The number of aromatic nitrogens is 2. The van der Waals surface area contributed by atoms with E-state index in [9.17, 15) is 4.79 Å². The predicted molar refractivity (Wildman–Crippen MR) is 69.2 cm³/mol. The number of amides is 1. The van der Waals surface area contributed by atoms with Crippen molar-refractivity contribution in [3.8, 4) is 0 Å². The summed E-state index contributed by atoms with van der Waals surface area (Å²) in [6.07, 6.45) is 5.53. The highest BCUT2D eigenvalue weighted by Crippen LogP contribution is 2.08. The molecule has 0 aliphatic carbocycles. The lowest BCUT2D eigenvalue weighted by Crippen LogP contribution is -2.13. The van der Waals surface area contributed by atoms with Gasteiger partial charge in [-0.1, -0.05) is 0 Å². The predicted octanol–water partition coefficient (Wildman–Crippen LogP) is 1.23. The van der Waals surface area contributed by atoms with Gasteiger partial charge < -0.3 is 11.1 Å². The lowest BCUT2D eigenvalue weighted by molar-refractivity contribution is 0.102. The topological polar surface area (TPSA) is 80.9 Å². The minimum atomic E-state index is -0.165. The second-order valence-corrected chi connectivity index (χ2v) is 3.76. The van der Waals surface area contributed by atoms with Gasteiger partial charge in [0.25, 0.3) is 5.91 Å². The van der Waals surface area contributed by atoms with Crippen molar-refractivity contribution in [2.24, 2.45) is 5.73 Å². The third-order valence-corrected chi connectivity index (χ3v) is 2.42. The number of nitrogens with zero attached hydrogens (tertiary/aromatic N) is 2. The maximum absolute atomic E-state index is 12.0. The Morgan fingerprint density at radius 2 is 2.00 bits per heavy atom. The minimum Gasteiger partial charge on any atom is -0.330 e. The number of rotatable bonds is 4. The Balaban J connectivity index is 2.11. The molecule has 0 aromatic carbocycles. The maximum atomic E-state index is 12.0. The molecule has 0 aliphatic heterocycles. The molecule has 5 nitrogen and oxygen atoms in total. The van der Waals surface area contributed by atoms with E-state index >= 15 is 0 Å². The van der Waals surface area contributed by atoms with E-state index in [1.165, 1.54) is 0 Å². The van der Waals surface area contributed by atoms with E-state index in [0.29, 0.717) is 24.2 Å². The van der Waals surface area contributed by atoms with Gasteiger partial charge in [-0.15, -0.1) is 0 Å². The van der Waals surface area contributed by atoms with E-state index in [-0.39, 0.29) is 5.91 Å². The average Bonchev–Trinajstić information content (AvgIpc) is 2.40. The van der Waals surface area contributed by atoms with Crippen LogP contribution >= 0.6 is 0 Å². The Morgan fingerprint density at radius 3 is 2.72 bits per heavy atom. The summed E-state index contributed by atoms with van der Waals surface area (Å²) in [5, 5.41) is 2.79. The van der Waals surface area contributed by atoms with Crippen LogP contribution in [0.1, 0.15) is 16.1 Å². The molecule has 0 bridgehead atoms. The summed E-state index contributed by atoms with van der Waals surface area (Å²) >= 11 is 0. The van der Waals surface area contributed by atoms with Gasteiger partial charge in [-0.25, -0.2) is 0 Å². The van der Waals surface area contributed by atoms with Gasteiger partial charge in [0, 0.05) is 42.0 Å². The average molecular weight is 242 g/mol. The SMILES string of the molecule is NCCc1cc(C(=O)Nc2ccncc2)ccn1. The van der Waals surface area contributed by atoms with Crippen molar-refractivity contribution in [1.82, 2.24) is 9.97 Å². The summed E-state index contributed by atoms with van der Waals surface area (Å²) in [6.45, 7) is 0.516. The standard InChI is InChI=1S/C13H14N4O/c14-5-1-12-9-10(2-8-16-12)13(18)17-11-3-6-15-7-4-11/h2-4,6-9H,1,5,14H2,(H,15,17,18). The summed E-state index contributed by atoms with van der Waals surface area (Å²) in [4.78, 5) is 20.0. The van der Waals surface area contributed by atoms with E-state index in [0.717, 1.165) is 5.69 Å². The first-order valence-corrected chi connectivity index (χ1v) is 5.66. The van der Waals surface area contributed by atoms with Crippen LogP contribution in [-0.2, 0) is 6.42 Å². The summed E-state index contributed by atoms with van der Waals surface area (Å²) in [5.41, 5.74) is 7.57. The quantitative estimate of drug-likeness (QED) is 0.845. The van der Waals surface area contributed by atoms with Crippen LogP contribution in [0.3, 0.4) is 0 Å². The number of hydrogen-bond donors (Lipinski definition) is 2. The van der Waals surface area contributed by atoms with Crippen molar-refractivity contribution in [3.63, 3.8) is 0 Å². The van der Waals surface area contributed by atoms with Crippen LogP contribution in [0.4, 0.5) is 5.69 Å². The first kappa shape index (κ1) is 12.2. The van der Waals surface area contributed by atoms with Gasteiger partial charge in [-0.3, -0.25) is 14.8 Å². The smallest absolute Gasteiger partial charge is 0.255 e. The van der Waals surface area contributed by atoms with Crippen LogP contribution in [0.2, 0.25) is 0 Å². The van der Waals surface area contributed by atoms with E-state index in [1.54, 1.807) is 42.9 Å². The molecule has 0 radical (unpaired) electrons. The summed E-state index contributed by atoms with van der Waals surface area (Å²) in [7, 11) is 0. The molecule has 0 unspecified atom stereocenters. The van der Waals surface area contributed by atoms with Gasteiger partial charge in [0.05, 0.1) is 0 Å². The first-order valence-electron chi connectivity index (χ1n) is 5.66. The molecule has 2 aromatic heterocycles. The van der Waals surface area contributed by atoms with Crippen LogP contribution in [-0.4, -0.2) is 22.4 Å². The molecule has 0 fully saturated rings. The van der Waals surface area contributed by atoms with E-state index in [2.05, 4.69) is 15.3 Å². The number of nitrogens with one attached hydrogen (secondary N) is 1. The van der Waals surface area contributed by atoms with Crippen LogP contribution in [0.25, 0.3) is 0 Å². The minimum absolute atomic E-state index is 0.165. The van der Waals surface area contributed by atoms with Crippen molar-refractivity contribution >= 4 is 11.6 Å². The normalized spacial score (nSPS) is 10.1. The molecule has 18 heavy (non-hydrogen) atoms. The van der Waals surface area contributed by atoms with E-state index < -0.39 is 0 Å². The highest BCUT2D eigenvalue weighted by molar-refractivity contribution is 6.04. The fourth-order valence-electron chi connectivity index (χ4n) is 1.54. The fraction of sp³-hybridized carbons (Fsp3) is 0.154. The molecule has 92 valence electrons. The monoisotopic (exact) mass is 242 g/mol. The molecule has 0 atom stereocenters. The molecule has 2 rings (SSSR count). The Kier molecular flexibility index (Phi) is 3.98. The Bertz CT molecular complexity index is 528. The fourth-order valence-corrected chi connectivity index (χ4v) is 1.54. The Morgan fingerprint density at radius 1 is 1.22 bits per heavy atom. The summed E-state index contributed by atoms with van der Waals surface area (Å²) < 4.78 is 0. The number of pyridine rings is 2. The van der Waals surface area contributed by atoms with Crippen molar-refractivity contribution < 1.29 is 4.79 Å². The maximum Gasteiger partial charge on any atom is 0.255 e. The zero-order valence-electron chi connectivity index (χ0n) is 9.84. The number of anilines is 1. The lowest BCUT2D eigenvalue weighted by Gasteiger charge is -2.05. The zero-order valence-corrected chi connectivity index (χ0v) is 9.84. The van der Waals surface area contributed by atoms with Crippen LogP contribution in [0.15, 0.2) is 42.9 Å². The molecule has 0 saturated heterocycles. The van der Waals surface area contributed by atoms with Gasteiger partial charge in [-0.2, -0.15) is 0 Å². The molecule has 0 saturated carbocycles. The van der Waals surface area contributed by atoms with Gasteiger partial charge in [0.2, 0.25) is 0 Å². The van der Waals surface area contributed by atoms with Crippen LogP contribution < -0.4 is 11.1 Å². The van der Waals surface area contributed by atoms with E-state index in [4.69, 9.17) is 5.73 Å². The third kappa shape index (κ3) is 3.11. The number of nitrogens with two attached hydrogens (primary N) is 1. The second-order valence-electron chi connectivity index (χ2n) is 3.76. The molecule has 2 aromatic rings. The summed E-state index contributed by atoms with van der Waals surface area (Å²) in [5.74, 6) is -0.165. The van der Waals surface area contributed by atoms with Crippen LogP contribution in [0, 0.1) is 0 Å². The first-order chi connectivity index (χ1) is 8.79. The lowest BCUT2D eigenvalue weighted by atomic mass is 10.2. The molecule has 1 amide bonds.